The fourth-order valence-corrected chi connectivity index (χ4v) is 9.54. The molecule has 0 radical (unpaired) electrons. The zero-order valence-corrected chi connectivity index (χ0v) is 45.6. The van der Waals surface area contributed by atoms with Crippen LogP contribution in [-0.4, -0.2) is 139 Å². The van der Waals surface area contributed by atoms with Crippen LogP contribution in [0, 0.1) is 11.6 Å². The lowest BCUT2D eigenvalue weighted by atomic mass is 10.1. The van der Waals surface area contributed by atoms with Crippen molar-refractivity contribution in [2.45, 2.75) is 163 Å². The van der Waals surface area contributed by atoms with Gasteiger partial charge in [0.15, 0.2) is 17.2 Å². The molecule has 0 bridgehead atoms. The molecule has 9 heterocycles. The van der Waals surface area contributed by atoms with Crippen molar-refractivity contribution in [1.29, 1.82) is 0 Å². The van der Waals surface area contributed by atoms with Crippen LogP contribution in [0.4, 0.5) is 19.3 Å². The Balaban J connectivity index is 0.000000176. The summed E-state index contributed by atoms with van der Waals surface area (Å²) < 4.78 is 71.1. The molecule has 3 aromatic heterocycles. The molecule has 0 spiro atoms. The van der Waals surface area contributed by atoms with Crippen molar-refractivity contribution >= 4 is 47.0 Å². The molecule has 2 aromatic carbocycles. The van der Waals surface area contributed by atoms with E-state index in [0.29, 0.717) is 75.6 Å². The van der Waals surface area contributed by atoms with Crippen LogP contribution in [0.15, 0.2) is 60.0 Å². The lowest BCUT2D eigenvalue weighted by molar-refractivity contribution is -0.134. The first-order valence-electron chi connectivity index (χ1n) is 25.8. The molecule has 0 saturated carbocycles. The molecular formula is C55H74Cl2F2N10O10. The number of halogens is 4. The van der Waals surface area contributed by atoms with E-state index in [1.165, 1.54) is 30.3 Å². The van der Waals surface area contributed by atoms with Gasteiger partial charge in [-0.25, -0.2) is 18.4 Å². The molecule has 3 fully saturated rings. The quantitative estimate of drug-likeness (QED) is 0.108. The largest absolute Gasteiger partial charge is 0.484 e. The number of amides is 2. The van der Waals surface area contributed by atoms with Crippen LogP contribution < -0.4 is 19.5 Å². The van der Waals surface area contributed by atoms with E-state index in [1.54, 1.807) is 23.4 Å². The highest BCUT2D eigenvalue weighted by atomic mass is 35.5. The van der Waals surface area contributed by atoms with E-state index >= 15 is 0 Å². The van der Waals surface area contributed by atoms with Gasteiger partial charge in [0, 0.05) is 37.9 Å². The predicted molar refractivity (Wildman–Crippen MR) is 292 cm³/mol. The van der Waals surface area contributed by atoms with Crippen molar-refractivity contribution in [1.82, 2.24) is 44.5 Å². The van der Waals surface area contributed by atoms with Crippen LogP contribution >= 0.6 is 23.2 Å². The number of carbonyl (C=O) groups is 2. The number of hydrogen-bond donors (Lipinski definition) is 1. The number of aromatic nitrogens is 6. The van der Waals surface area contributed by atoms with Crippen LogP contribution in [0.3, 0.4) is 0 Å². The molecule has 79 heavy (non-hydrogen) atoms. The third-order valence-electron chi connectivity index (χ3n) is 13.3. The number of hydrogen-bond acceptors (Lipinski definition) is 15. The van der Waals surface area contributed by atoms with Gasteiger partial charge in [-0.3, -0.25) is 23.7 Å². The number of isocyanates is 1. The molecule has 6 aliphatic heterocycles. The van der Waals surface area contributed by atoms with Gasteiger partial charge in [0.2, 0.25) is 12.0 Å². The Morgan fingerprint density at radius 3 is 1.65 bits per heavy atom. The summed E-state index contributed by atoms with van der Waals surface area (Å²) in [6.45, 7) is 19.8. The molecule has 6 aliphatic rings. The SMILES string of the molecule is C.C.C[C@H]1Cn2ncc(OC3CCOC3)c2CN1.C[C@H]1Cn2ncc(OC3CCOC3)c2CN1C(=O)Cc1ccc(F)c(Cl)c1.C[C@H]1Cn2ncc(OC3CCOC3)c2CN1C(=O)OC(C)(C)C.O=C=Nc1ccc(F)c(Cl)c1. The smallest absolute Gasteiger partial charge is 0.410 e. The van der Waals surface area contributed by atoms with E-state index in [-0.39, 0.29) is 73.7 Å². The van der Waals surface area contributed by atoms with Gasteiger partial charge in [0.1, 0.15) is 41.2 Å². The van der Waals surface area contributed by atoms with Crippen molar-refractivity contribution in [3.63, 3.8) is 0 Å². The summed E-state index contributed by atoms with van der Waals surface area (Å²) in [5.41, 5.74) is 3.45. The molecule has 5 aromatic rings. The Morgan fingerprint density at radius 1 is 0.709 bits per heavy atom. The minimum absolute atomic E-state index is 0. The van der Waals surface area contributed by atoms with Gasteiger partial charge in [0.25, 0.3) is 0 Å². The highest BCUT2D eigenvalue weighted by Gasteiger charge is 2.35. The van der Waals surface area contributed by atoms with Crippen molar-refractivity contribution in [3.05, 3.63) is 99.3 Å². The summed E-state index contributed by atoms with van der Waals surface area (Å²) in [7, 11) is 0. The second-order valence-electron chi connectivity index (χ2n) is 20.6. The van der Waals surface area contributed by atoms with Crippen LogP contribution in [-0.2, 0) is 74.2 Å². The van der Waals surface area contributed by atoms with Crippen molar-refractivity contribution in [3.8, 4) is 17.2 Å². The first-order chi connectivity index (χ1) is 36.9. The minimum Gasteiger partial charge on any atom is -0.484 e. The third-order valence-corrected chi connectivity index (χ3v) is 13.9. The van der Waals surface area contributed by atoms with Gasteiger partial charge < -0.3 is 43.4 Å². The molecular weight excluding hydrogens is 1070 g/mol. The summed E-state index contributed by atoms with van der Waals surface area (Å²) in [5, 5.41) is 16.5. The fourth-order valence-electron chi connectivity index (χ4n) is 9.16. The number of fused-ring (bicyclic) bond motifs is 3. The number of nitrogens with zero attached hydrogens (tertiary/aromatic N) is 9. The van der Waals surface area contributed by atoms with Gasteiger partial charge >= 0.3 is 6.09 Å². The Kier molecular flexibility index (Phi) is 22.3. The van der Waals surface area contributed by atoms with Gasteiger partial charge in [-0.15, -0.1) is 0 Å². The Labute approximate surface area is 470 Å². The van der Waals surface area contributed by atoms with Gasteiger partial charge in [-0.05, 0) is 77.4 Å². The fraction of sp³-hybridized carbons (Fsp3) is 0.564. The summed E-state index contributed by atoms with van der Waals surface area (Å²) in [4.78, 5) is 41.8. The molecule has 6 atom stereocenters. The summed E-state index contributed by atoms with van der Waals surface area (Å²) in [6.07, 6.45) is 9.50. The number of nitrogens with one attached hydrogen (secondary N) is 1. The first kappa shape index (κ1) is 62.1. The number of carbonyl (C=O) groups excluding carboxylic acids is 3. The van der Waals surface area contributed by atoms with E-state index < -0.39 is 17.2 Å². The highest BCUT2D eigenvalue weighted by Crippen LogP contribution is 2.31. The van der Waals surface area contributed by atoms with E-state index in [2.05, 4.69) is 32.5 Å². The second-order valence-corrected chi connectivity index (χ2v) is 21.4. The molecule has 0 aliphatic carbocycles. The molecule has 1 N–H and O–H groups in total. The third kappa shape index (κ3) is 16.7. The van der Waals surface area contributed by atoms with Gasteiger partial charge in [-0.2, -0.15) is 20.3 Å². The number of ether oxygens (including phenoxy) is 7. The Bertz CT molecular complexity index is 2860. The number of rotatable bonds is 9. The van der Waals surface area contributed by atoms with Gasteiger partial charge in [-0.1, -0.05) is 44.1 Å². The molecule has 24 heteroatoms. The van der Waals surface area contributed by atoms with Crippen LogP contribution in [0.2, 0.25) is 10.0 Å². The van der Waals surface area contributed by atoms with Crippen LogP contribution in [0.1, 0.15) is 98.3 Å². The zero-order valence-electron chi connectivity index (χ0n) is 44.1. The molecule has 3 saturated heterocycles. The average Bonchev–Trinajstić information content (AvgIpc) is 4.34. The lowest BCUT2D eigenvalue weighted by Gasteiger charge is -2.35. The predicted octanol–water partition coefficient (Wildman–Crippen LogP) is 9.27. The molecule has 2 amide bonds. The van der Waals surface area contributed by atoms with Crippen LogP contribution in [0.25, 0.3) is 0 Å². The number of aliphatic imine (C=N–C) groups is 1. The average molecular weight is 1140 g/mol. The zero-order chi connectivity index (χ0) is 54.8. The first-order valence-corrected chi connectivity index (χ1v) is 26.5. The summed E-state index contributed by atoms with van der Waals surface area (Å²) in [5.74, 6) is 1.31. The Morgan fingerprint density at radius 2 is 1.18 bits per heavy atom. The molecule has 3 unspecified atom stereocenters. The monoisotopic (exact) mass is 1140 g/mol. The normalized spacial score (nSPS) is 21.7. The maximum Gasteiger partial charge on any atom is 0.410 e. The highest BCUT2D eigenvalue weighted by molar-refractivity contribution is 6.31. The molecule has 20 nitrogen and oxygen atoms in total. The van der Waals surface area contributed by atoms with Crippen molar-refractivity contribution in [2.24, 2.45) is 4.99 Å². The van der Waals surface area contributed by atoms with E-state index in [1.807, 2.05) is 59.8 Å². The Hall–Kier alpha value is -6.13. The molecule has 432 valence electrons. The van der Waals surface area contributed by atoms with Crippen molar-refractivity contribution in [2.75, 3.05) is 39.6 Å². The maximum atomic E-state index is 13.3. The number of benzene rings is 2. The molecule has 11 rings (SSSR count). The maximum absolute atomic E-state index is 13.3. The van der Waals surface area contributed by atoms with Crippen molar-refractivity contribution < 1.29 is 56.3 Å². The van der Waals surface area contributed by atoms with Crippen LogP contribution in [0.5, 0.6) is 17.2 Å². The minimum atomic E-state index is -0.531. The second kappa shape index (κ2) is 28.3. The topological polar surface area (TPSA) is 200 Å². The van der Waals surface area contributed by atoms with E-state index in [9.17, 15) is 23.2 Å². The standard InChI is InChI=1S/C19H21ClFN3O3.C16H25N3O4.C11H17N3O2.C7H3ClFNO.2CH4/c1-12-9-24-17(18(8-22-24)27-14-4-5-26-11-14)10-23(12)19(25)7-13-2-3-16(21)15(20)6-13;1-11-8-19-13(9-18(11)15(20)23-16(2,3)4)14(7-17-19)22-12-5-6-21-10-12;1-8-6-14-10(4-12-8)11(5-13-14)16-9-2-3-15-7-9;8-6-3-5(10-4-11)1-2-7(6)9;;/h2-3,6,8,12,14H,4-5,7,9-11H2,1H3;7,11-12H,5-6,8-10H2,1-4H3;5,8-9,12H,2-4,6-7H2,1H3;1-3H;2*1H4/t12-,14?;11-,12?;8-,9?;;;/m000.../s1. The lowest BCUT2D eigenvalue weighted by Crippen LogP contribution is -2.47. The summed E-state index contributed by atoms with van der Waals surface area (Å²) >= 11 is 11.2. The van der Waals surface area contributed by atoms with Gasteiger partial charge in [0.05, 0.1) is 131 Å². The van der Waals surface area contributed by atoms with E-state index in [4.69, 9.17) is 56.4 Å². The van der Waals surface area contributed by atoms with E-state index in [0.717, 1.165) is 80.2 Å². The summed E-state index contributed by atoms with van der Waals surface area (Å²) in [6, 6.07) is 8.62.